The molecule has 0 aliphatic rings. The second-order valence-corrected chi connectivity index (χ2v) is 4.34. The molecule has 1 atom stereocenters. The van der Waals surface area contributed by atoms with Crippen molar-refractivity contribution in [1.82, 2.24) is 4.90 Å². The molecule has 0 aliphatic carbocycles. The quantitative estimate of drug-likeness (QED) is 0.519. The van der Waals surface area contributed by atoms with Crippen LogP contribution in [0.4, 0.5) is 4.79 Å². The zero-order valence-electron chi connectivity index (χ0n) is 11.6. The zero-order chi connectivity index (χ0) is 14.8. The van der Waals surface area contributed by atoms with Crippen molar-refractivity contribution >= 4 is 12.1 Å². The number of nitrogens with zero attached hydrogens (tertiary/aromatic N) is 2. The molecule has 0 aromatic heterocycles. The highest BCUT2D eigenvalue weighted by Crippen LogP contribution is 2.12. The van der Waals surface area contributed by atoms with Gasteiger partial charge in [-0.05, 0) is 12.3 Å². The van der Waals surface area contributed by atoms with Crippen molar-refractivity contribution in [3.05, 3.63) is 12.7 Å². The highest BCUT2D eigenvalue weighted by atomic mass is 16.6. The summed E-state index contributed by atoms with van der Waals surface area (Å²) in [4.78, 5) is 24.2. The SMILES string of the molecule is C=CCOC(=O)N(CC(=O)OC)C(C#N)CC(C)C. The fourth-order valence-electron chi connectivity index (χ4n) is 1.41. The minimum atomic E-state index is -0.726. The summed E-state index contributed by atoms with van der Waals surface area (Å²) in [7, 11) is 1.22. The van der Waals surface area contributed by atoms with Gasteiger partial charge in [0, 0.05) is 0 Å². The molecule has 0 bridgehead atoms. The Bertz CT molecular complexity index is 360. The molecular weight excluding hydrogens is 248 g/mol. The summed E-state index contributed by atoms with van der Waals surface area (Å²) in [5, 5.41) is 9.13. The van der Waals surface area contributed by atoms with Crippen LogP contribution in [0.15, 0.2) is 12.7 Å². The molecule has 0 spiro atoms. The van der Waals surface area contributed by atoms with Crippen LogP contribution in [0, 0.1) is 17.2 Å². The smallest absolute Gasteiger partial charge is 0.411 e. The molecule has 1 amide bonds. The lowest BCUT2D eigenvalue weighted by Gasteiger charge is -2.26. The third-order valence-electron chi connectivity index (χ3n) is 2.31. The Balaban J connectivity index is 4.90. The van der Waals surface area contributed by atoms with Gasteiger partial charge in [0.1, 0.15) is 19.2 Å². The lowest BCUT2D eigenvalue weighted by molar-refractivity contribution is -0.141. The number of hydrogen-bond donors (Lipinski definition) is 0. The predicted octanol–water partition coefficient (Wildman–Crippen LogP) is 1.72. The minimum absolute atomic E-state index is 0.0241. The van der Waals surface area contributed by atoms with Crippen LogP contribution in [-0.4, -0.2) is 43.3 Å². The van der Waals surface area contributed by atoms with Gasteiger partial charge >= 0.3 is 12.1 Å². The van der Waals surface area contributed by atoms with E-state index >= 15 is 0 Å². The molecule has 106 valence electrons. The number of ether oxygens (including phenoxy) is 2. The average molecular weight is 268 g/mol. The normalized spacial score (nSPS) is 11.3. The molecule has 0 fully saturated rings. The summed E-state index contributed by atoms with van der Waals surface area (Å²) in [6.07, 6.45) is 1.15. The number of carbonyl (C=O) groups is 2. The van der Waals surface area contributed by atoms with Gasteiger partial charge in [-0.2, -0.15) is 5.26 Å². The third-order valence-corrected chi connectivity index (χ3v) is 2.31. The van der Waals surface area contributed by atoms with E-state index in [0.29, 0.717) is 6.42 Å². The fraction of sp³-hybridized carbons (Fsp3) is 0.615. The van der Waals surface area contributed by atoms with Gasteiger partial charge in [-0.25, -0.2) is 4.79 Å². The third kappa shape index (κ3) is 6.46. The summed E-state index contributed by atoms with van der Waals surface area (Å²) >= 11 is 0. The van der Waals surface area contributed by atoms with Gasteiger partial charge < -0.3 is 9.47 Å². The van der Waals surface area contributed by atoms with Crippen molar-refractivity contribution in [3.8, 4) is 6.07 Å². The van der Waals surface area contributed by atoms with Crippen molar-refractivity contribution < 1.29 is 19.1 Å². The number of nitriles is 1. The van der Waals surface area contributed by atoms with Crippen molar-refractivity contribution in [2.75, 3.05) is 20.3 Å². The molecular formula is C13H20N2O4. The summed E-state index contributed by atoms with van der Waals surface area (Å²) in [5.41, 5.74) is 0. The van der Waals surface area contributed by atoms with E-state index in [-0.39, 0.29) is 19.1 Å². The lowest BCUT2D eigenvalue weighted by atomic mass is 10.0. The van der Waals surface area contributed by atoms with Crippen molar-refractivity contribution in [2.45, 2.75) is 26.3 Å². The van der Waals surface area contributed by atoms with E-state index in [1.54, 1.807) is 0 Å². The molecule has 0 aromatic rings. The number of amides is 1. The van der Waals surface area contributed by atoms with Gasteiger partial charge in [0.25, 0.3) is 0 Å². The molecule has 19 heavy (non-hydrogen) atoms. The Kier molecular flexibility index (Phi) is 8.02. The maximum absolute atomic E-state index is 11.8. The first-order valence-corrected chi connectivity index (χ1v) is 5.96. The molecule has 0 saturated heterocycles. The van der Waals surface area contributed by atoms with E-state index < -0.39 is 18.1 Å². The van der Waals surface area contributed by atoms with E-state index in [9.17, 15) is 9.59 Å². The van der Waals surface area contributed by atoms with Gasteiger partial charge in [0.15, 0.2) is 0 Å². The molecule has 0 N–H and O–H groups in total. The highest BCUT2D eigenvalue weighted by Gasteiger charge is 2.28. The summed E-state index contributed by atoms with van der Waals surface area (Å²) in [5.74, 6) is -0.392. The van der Waals surface area contributed by atoms with Gasteiger partial charge in [-0.3, -0.25) is 9.69 Å². The summed E-state index contributed by atoms with van der Waals surface area (Å²) in [6, 6.07) is 1.29. The Morgan fingerprint density at radius 1 is 1.47 bits per heavy atom. The fourth-order valence-corrected chi connectivity index (χ4v) is 1.41. The molecule has 6 nitrogen and oxygen atoms in total. The van der Waals surface area contributed by atoms with E-state index in [1.807, 2.05) is 19.9 Å². The second kappa shape index (κ2) is 8.97. The Morgan fingerprint density at radius 2 is 2.11 bits per heavy atom. The van der Waals surface area contributed by atoms with Gasteiger partial charge in [-0.1, -0.05) is 26.5 Å². The van der Waals surface area contributed by atoms with Crippen LogP contribution in [0.1, 0.15) is 20.3 Å². The average Bonchev–Trinajstić information content (AvgIpc) is 2.39. The predicted molar refractivity (Wildman–Crippen MR) is 69.1 cm³/mol. The van der Waals surface area contributed by atoms with Crippen LogP contribution in [0.3, 0.4) is 0 Å². The standard InChI is InChI=1S/C13H20N2O4/c1-5-6-19-13(17)15(9-12(16)18-4)11(8-14)7-10(2)3/h5,10-11H,1,6-7,9H2,2-4H3. The van der Waals surface area contributed by atoms with E-state index in [1.165, 1.54) is 13.2 Å². The Hall–Kier alpha value is -2.03. The van der Waals surface area contributed by atoms with Gasteiger partial charge in [0.2, 0.25) is 0 Å². The molecule has 0 radical (unpaired) electrons. The maximum atomic E-state index is 11.8. The first kappa shape index (κ1) is 17.0. The summed E-state index contributed by atoms with van der Waals surface area (Å²) < 4.78 is 9.39. The number of hydrogen-bond acceptors (Lipinski definition) is 5. The Morgan fingerprint density at radius 3 is 2.53 bits per heavy atom. The van der Waals surface area contributed by atoms with Gasteiger partial charge in [-0.15, -0.1) is 0 Å². The molecule has 0 heterocycles. The first-order valence-electron chi connectivity index (χ1n) is 5.96. The monoisotopic (exact) mass is 268 g/mol. The molecule has 0 rings (SSSR count). The number of esters is 1. The highest BCUT2D eigenvalue weighted by molar-refractivity contribution is 5.78. The second-order valence-electron chi connectivity index (χ2n) is 4.34. The number of rotatable bonds is 7. The van der Waals surface area contributed by atoms with E-state index in [4.69, 9.17) is 10.00 Å². The molecule has 0 aromatic carbocycles. The molecule has 1 unspecified atom stereocenters. The summed E-state index contributed by atoms with van der Waals surface area (Å²) in [6.45, 7) is 7.00. The zero-order valence-corrected chi connectivity index (χ0v) is 11.6. The van der Waals surface area contributed by atoms with Crippen LogP contribution >= 0.6 is 0 Å². The van der Waals surface area contributed by atoms with Crippen molar-refractivity contribution in [3.63, 3.8) is 0 Å². The minimum Gasteiger partial charge on any atom is -0.468 e. The van der Waals surface area contributed by atoms with Crippen LogP contribution in [0.25, 0.3) is 0 Å². The van der Waals surface area contributed by atoms with Crippen LogP contribution in [0.2, 0.25) is 0 Å². The molecule has 0 saturated carbocycles. The maximum Gasteiger partial charge on any atom is 0.411 e. The van der Waals surface area contributed by atoms with Crippen LogP contribution < -0.4 is 0 Å². The Labute approximate surface area is 113 Å². The van der Waals surface area contributed by atoms with Crippen molar-refractivity contribution in [2.24, 2.45) is 5.92 Å². The van der Waals surface area contributed by atoms with Crippen LogP contribution in [-0.2, 0) is 14.3 Å². The molecule has 6 heteroatoms. The van der Waals surface area contributed by atoms with Gasteiger partial charge in [0.05, 0.1) is 13.2 Å². The molecule has 0 aliphatic heterocycles. The largest absolute Gasteiger partial charge is 0.468 e. The van der Waals surface area contributed by atoms with Crippen LogP contribution in [0.5, 0.6) is 0 Å². The number of carbonyl (C=O) groups excluding carboxylic acids is 2. The van der Waals surface area contributed by atoms with E-state index in [0.717, 1.165) is 4.90 Å². The van der Waals surface area contributed by atoms with E-state index in [2.05, 4.69) is 11.3 Å². The topological polar surface area (TPSA) is 79.6 Å². The lowest BCUT2D eigenvalue weighted by Crippen LogP contribution is -2.44. The van der Waals surface area contributed by atoms with Crippen molar-refractivity contribution in [1.29, 1.82) is 5.26 Å². The first-order chi connectivity index (χ1) is 8.96. The number of methoxy groups -OCH3 is 1.